The molecule has 0 aliphatic heterocycles. The normalized spacial score (nSPS) is 10.7. The van der Waals surface area contributed by atoms with Gasteiger partial charge in [0, 0.05) is 20.6 Å². The van der Waals surface area contributed by atoms with E-state index in [0.29, 0.717) is 16.7 Å². The van der Waals surface area contributed by atoms with Crippen molar-refractivity contribution < 1.29 is 13.9 Å². The Bertz CT molecular complexity index is 926. The van der Waals surface area contributed by atoms with Crippen molar-refractivity contribution in [3.8, 4) is 0 Å². The molecule has 1 heterocycles. The van der Waals surface area contributed by atoms with Crippen LogP contribution in [-0.4, -0.2) is 5.97 Å². The fraction of sp³-hybridized carbons (Fsp3) is 0.111. The summed E-state index contributed by atoms with van der Waals surface area (Å²) in [5.74, 6) is -0.421. The molecule has 3 rings (SSSR count). The van der Waals surface area contributed by atoms with Crippen LogP contribution in [0.2, 0.25) is 0 Å². The number of carbonyl (C=O) groups is 1. The Morgan fingerprint density at radius 2 is 1.87 bits per heavy atom. The second-order valence-corrected chi connectivity index (χ2v) is 6.42. The van der Waals surface area contributed by atoms with Crippen LogP contribution >= 0.6 is 22.6 Å². The molecule has 0 radical (unpaired) electrons. The minimum absolute atomic E-state index is 0.0238. The number of halogens is 1. The summed E-state index contributed by atoms with van der Waals surface area (Å²) in [6.07, 6.45) is 0. The molecule has 0 bridgehead atoms. The van der Waals surface area contributed by atoms with Gasteiger partial charge in [-0.05, 0) is 65.4 Å². The third kappa shape index (κ3) is 3.61. The number of ether oxygens (including phenoxy) is 1. The summed E-state index contributed by atoms with van der Waals surface area (Å²) in [6.45, 7) is 1.94. The first-order valence-corrected chi connectivity index (χ1v) is 8.07. The maximum absolute atomic E-state index is 12.1. The number of fused-ring (bicyclic) bond motifs is 1. The Morgan fingerprint density at radius 1 is 1.13 bits per heavy atom. The van der Waals surface area contributed by atoms with Crippen molar-refractivity contribution in [3.63, 3.8) is 0 Å². The molecule has 4 nitrogen and oxygen atoms in total. The van der Waals surface area contributed by atoms with Gasteiger partial charge in [0.15, 0.2) is 0 Å². The zero-order valence-electron chi connectivity index (χ0n) is 12.3. The molecule has 0 aliphatic carbocycles. The molecule has 0 saturated heterocycles. The van der Waals surface area contributed by atoms with E-state index in [4.69, 9.17) is 9.15 Å². The molecule has 116 valence electrons. The number of hydrogen-bond donors (Lipinski definition) is 0. The highest BCUT2D eigenvalue weighted by atomic mass is 127. The van der Waals surface area contributed by atoms with Crippen LogP contribution in [0.3, 0.4) is 0 Å². The van der Waals surface area contributed by atoms with Crippen LogP contribution in [0, 0.1) is 10.5 Å². The quantitative estimate of drug-likeness (QED) is 0.364. The summed E-state index contributed by atoms with van der Waals surface area (Å²) in [5.41, 5.74) is 2.15. The van der Waals surface area contributed by atoms with Crippen LogP contribution in [0.25, 0.3) is 11.0 Å². The minimum Gasteiger partial charge on any atom is -0.457 e. The second-order valence-electron chi connectivity index (χ2n) is 5.17. The molecule has 0 amide bonds. The zero-order chi connectivity index (χ0) is 16.4. The molecule has 0 saturated carbocycles. The largest absolute Gasteiger partial charge is 0.457 e. The number of hydrogen-bond acceptors (Lipinski definition) is 4. The lowest BCUT2D eigenvalue weighted by Gasteiger charge is -2.08. The SMILES string of the molecule is Cc1ccc2c(COC(=O)c3ccc(I)cc3)cc(=O)oc2c1. The van der Waals surface area contributed by atoms with E-state index < -0.39 is 11.6 Å². The highest BCUT2D eigenvalue weighted by molar-refractivity contribution is 14.1. The van der Waals surface area contributed by atoms with Crippen LogP contribution in [0.5, 0.6) is 0 Å². The van der Waals surface area contributed by atoms with E-state index >= 15 is 0 Å². The molecule has 0 N–H and O–H groups in total. The first-order valence-electron chi connectivity index (χ1n) is 6.99. The lowest BCUT2D eigenvalue weighted by atomic mass is 10.1. The first-order chi connectivity index (χ1) is 11.0. The number of esters is 1. The fourth-order valence-corrected chi connectivity index (χ4v) is 2.63. The zero-order valence-corrected chi connectivity index (χ0v) is 14.5. The maximum Gasteiger partial charge on any atom is 0.338 e. The van der Waals surface area contributed by atoms with Gasteiger partial charge >= 0.3 is 11.6 Å². The van der Waals surface area contributed by atoms with Crippen molar-refractivity contribution in [1.82, 2.24) is 0 Å². The first kappa shape index (κ1) is 15.7. The molecule has 0 fully saturated rings. The molecule has 0 atom stereocenters. The Kier molecular flexibility index (Phi) is 4.47. The summed E-state index contributed by atoms with van der Waals surface area (Å²) in [7, 11) is 0. The molecule has 5 heteroatoms. The van der Waals surface area contributed by atoms with E-state index in [1.807, 2.05) is 31.2 Å². The molecule has 0 unspecified atom stereocenters. The minimum atomic E-state index is -0.455. The Labute approximate surface area is 146 Å². The summed E-state index contributed by atoms with van der Waals surface area (Å²) >= 11 is 2.17. The molecule has 0 aliphatic rings. The van der Waals surface area contributed by atoms with Crippen molar-refractivity contribution >= 4 is 39.5 Å². The second kappa shape index (κ2) is 6.54. The van der Waals surface area contributed by atoms with Gasteiger partial charge < -0.3 is 9.15 Å². The number of benzene rings is 2. The van der Waals surface area contributed by atoms with Gasteiger partial charge in [-0.25, -0.2) is 9.59 Å². The van der Waals surface area contributed by atoms with Gasteiger partial charge in [0.25, 0.3) is 0 Å². The molecule has 0 spiro atoms. The highest BCUT2D eigenvalue weighted by Crippen LogP contribution is 2.19. The van der Waals surface area contributed by atoms with E-state index in [1.54, 1.807) is 18.2 Å². The molecule has 23 heavy (non-hydrogen) atoms. The van der Waals surface area contributed by atoms with Gasteiger partial charge in [0.05, 0.1) is 5.56 Å². The summed E-state index contributed by atoms with van der Waals surface area (Å²) in [6, 6.07) is 14.0. The predicted octanol–water partition coefficient (Wildman–Crippen LogP) is 4.06. The van der Waals surface area contributed by atoms with Crippen molar-refractivity contribution in [2.45, 2.75) is 13.5 Å². The van der Waals surface area contributed by atoms with Crippen molar-refractivity contribution in [3.05, 3.63) is 79.2 Å². The average Bonchev–Trinajstić information content (AvgIpc) is 2.52. The van der Waals surface area contributed by atoms with Gasteiger partial charge in [-0.3, -0.25) is 0 Å². The van der Waals surface area contributed by atoms with Crippen LogP contribution in [-0.2, 0) is 11.3 Å². The molecular formula is C18H13IO4. The van der Waals surface area contributed by atoms with E-state index in [1.165, 1.54) is 6.07 Å². The Hall–Kier alpha value is -2.15. The van der Waals surface area contributed by atoms with Crippen molar-refractivity contribution in [2.75, 3.05) is 0 Å². The van der Waals surface area contributed by atoms with E-state index in [0.717, 1.165) is 14.5 Å². The summed E-state index contributed by atoms with van der Waals surface area (Å²) in [5, 5.41) is 0.769. The van der Waals surface area contributed by atoms with Crippen LogP contribution < -0.4 is 5.63 Å². The Balaban J connectivity index is 1.85. The van der Waals surface area contributed by atoms with E-state index in [-0.39, 0.29) is 6.61 Å². The van der Waals surface area contributed by atoms with Gasteiger partial charge in [-0.1, -0.05) is 12.1 Å². The summed E-state index contributed by atoms with van der Waals surface area (Å²) < 4.78 is 11.6. The topological polar surface area (TPSA) is 56.5 Å². The molecule has 3 aromatic rings. The van der Waals surface area contributed by atoms with E-state index in [9.17, 15) is 9.59 Å². The smallest absolute Gasteiger partial charge is 0.338 e. The number of aryl methyl sites for hydroxylation is 1. The summed E-state index contributed by atoms with van der Waals surface area (Å²) in [4.78, 5) is 23.7. The third-order valence-corrected chi connectivity index (χ3v) is 4.14. The standard InChI is InChI=1S/C18H13IO4/c1-11-2-7-15-13(9-17(20)23-16(15)8-11)10-22-18(21)12-3-5-14(19)6-4-12/h2-9H,10H2,1H3. The van der Waals surface area contributed by atoms with Crippen molar-refractivity contribution in [2.24, 2.45) is 0 Å². The van der Waals surface area contributed by atoms with Crippen LogP contribution in [0.4, 0.5) is 0 Å². The number of rotatable bonds is 3. The molecular weight excluding hydrogens is 407 g/mol. The van der Waals surface area contributed by atoms with Gasteiger partial charge in [0.2, 0.25) is 0 Å². The van der Waals surface area contributed by atoms with Gasteiger partial charge in [0.1, 0.15) is 12.2 Å². The lowest BCUT2D eigenvalue weighted by molar-refractivity contribution is 0.0474. The Morgan fingerprint density at radius 3 is 2.61 bits per heavy atom. The number of carbonyl (C=O) groups excluding carboxylic acids is 1. The highest BCUT2D eigenvalue weighted by Gasteiger charge is 2.10. The van der Waals surface area contributed by atoms with Gasteiger partial charge in [-0.2, -0.15) is 0 Å². The fourth-order valence-electron chi connectivity index (χ4n) is 2.27. The monoisotopic (exact) mass is 420 g/mol. The van der Waals surface area contributed by atoms with Crippen LogP contribution in [0.15, 0.2) is 57.7 Å². The third-order valence-electron chi connectivity index (χ3n) is 3.42. The van der Waals surface area contributed by atoms with Crippen LogP contribution in [0.1, 0.15) is 21.5 Å². The average molecular weight is 420 g/mol. The van der Waals surface area contributed by atoms with Gasteiger partial charge in [-0.15, -0.1) is 0 Å². The lowest BCUT2D eigenvalue weighted by Crippen LogP contribution is -2.08. The van der Waals surface area contributed by atoms with E-state index in [2.05, 4.69) is 22.6 Å². The maximum atomic E-state index is 12.1. The molecule has 2 aromatic carbocycles. The predicted molar refractivity (Wildman–Crippen MR) is 95.5 cm³/mol. The molecule has 1 aromatic heterocycles. The van der Waals surface area contributed by atoms with Crippen molar-refractivity contribution in [1.29, 1.82) is 0 Å².